The fourth-order valence-electron chi connectivity index (χ4n) is 3.03. The van der Waals surface area contributed by atoms with E-state index in [1.54, 1.807) is 7.11 Å². The van der Waals surface area contributed by atoms with Crippen LogP contribution in [0.5, 0.6) is 5.75 Å². The van der Waals surface area contributed by atoms with E-state index in [1.165, 1.54) is 0 Å². The number of carbonyl (C=O) groups excluding carboxylic acids is 1. The highest BCUT2D eigenvalue weighted by Crippen LogP contribution is 2.29. The molecule has 1 amide bonds. The molecule has 0 saturated heterocycles. The monoisotopic (exact) mass is 332 g/mol. The number of aliphatic hydroxyl groups excluding tert-OH is 1. The van der Waals surface area contributed by atoms with Gasteiger partial charge >= 0.3 is 0 Å². The normalized spacial score (nSPS) is 12.4. The van der Waals surface area contributed by atoms with Crippen molar-refractivity contribution in [3.05, 3.63) is 29.5 Å². The Bertz CT molecular complexity index is 706. The summed E-state index contributed by atoms with van der Waals surface area (Å²) >= 11 is 0. The minimum absolute atomic E-state index is 0.0936. The van der Waals surface area contributed by atoms with Gasteiger partial charge in [0.15, 0.2) is 0 Å². The number of benzene rings is 1. The van der Waals surface area contributed by atoms with Gasteiger partial charge in [0.1, 0.15) is 5.75 Å². The first-order chi connectivity index (χ1) is 11.5. The standard InChI is InChI=1S/C19H28N2O3/c1-5-11-21-13(3)18(19(23)20-10-9-14(22)6-2)16-12-15(24-4)7-8-17(16)21/h7-8,12,14,22H,5-6,9-11H2,1-4H3,(H,20,23). The number of nitrogens with zero attached hydrogens (tertiary/aromatic N) is 1. The fraction of sp³-hybridized carbons (Fsp3) is 0.526. The first-order valence-corrected chi connectivity index (χ1v) is 8.66. The SMILES string of the molecule is CCCn1c(C)c(C(=O)NCCC(O)CC)c2cc(OC)ccc21. The maximum Gasteiger partial charge on any atom is 0.253 e. The number of amides is 1. The predicted molar refractivity (Wildman–Crippen MR) is 96.8 cm³/mol. The lowest BCUT2D eigenvalue weighted by Crippen LogP contribution is -2.27. The van der Waals surface area contributed by atoms with E-state index in [4.69, 9.17) is 4.74 Å². The molecule has 1 aromatic carbocycles. The summed E-state index contributed by atoms with van der Waals surface area (Å²) < 4.78 is 7.50. The molecule has 2 N–H and O–H groups in total. The fourth-order valence-corrected chi connectivity index (χ4v) is 3.03. The second-order valence-electron chi connectivity index (χ2n) is 6.10. The highest BCUT2D eigenvalue weighted by Gasteiger charge is 2.20. The number of rotatable bonds is 8. The molecule has 0 radical (unpaired) electrons. The summed E-state index contributed by atoms with van der Waals surface area (Å²) in [5.41, 5.74) is 2.71. The Morgan fingerprint density at radius 1 is 1.38 bits per heavy atom. The van der Waals surface area contributed by atoms with Gasteiger partial charge in [-0.05, 0) is 44.4 Å². The second kappa shape index (κ2) is 8.20. The lowest BCUT2D eigenvalue weighted by Gasteiger charge is -2.10. The number of carbonyl (C=O) groups is 1. The van der Waals surface area contributed by atoms with Gasteiger partial charge in [-0.3, -0.25) is 4.79 Å². The molecule has 1 atom stereocenters. The Morgan fingerprint density at radius 2 is 2.12 bits per heavy atom. The zero-order valence-corrected chi connectivity index (χ0v) is 15.1. The second-order valence-corrected chi connectivity index (χ2v) is 6.10. The molecular weight excluding hydrogens is 304 g/mol. The van der Waals surface area contributed by atoms with Crippen LogP contribution in [0, 0.1) is 6.92 Å². The van der Waals surface area contributed by atoms with E-state index < -0.39 is 0 Å². The van der Waals surface area contributed by atoms with E-state index in [9.17, 15) is 9.90 Å². The third-order valence-electron chi connectivity index (χ3n) is 4.44. The number of hydrogen-bond donors (Lipinski definition) is 2. The third-order valence-corrected chi connectivity index (χ3v) is 4.44. The van der Waals surface area contributed by atoms with Crippen molar-refractivity contribution in [2.24, 2.45) is 0 Å². The van der Waals surface area contributed by atoms with Crippen molar-refractivity contribution in [2.45, 2.75) is 52.7 Å². The highest BCUT2D eigenvalue weighted by atomic mass is 16.5. The van der Waals surface area contributed by atoms with Crippen molar-refractivity contribution in [2.75, 3.05) is 13.7 Å². The lowest BCUT2D eigenvalue weighted by molar-refractivity contribution is 0.0942. The number of aryl methyl sites for hydroxylation is 1. The van der Waals surface area contributed by atoms with Gasteiger partial charge < -0.3 is 19.7 Å². The van der Waals surface area contributed by atoms with Crippen LogP contribution >= 0.6 is 0 Å². The van der Waals surface area contributed by atoms with Crippen LogP contribution in [0.25, 0.3) is 10.9 Å². The number of aliphatic hydroxyl groups is 1. The maximum atomic E-state index is 12.7. The summed E-state index contributed by atoms with van der Waals surface area (Å²) in [7, 11) is 1.63. The summed E-state index contributed by atoms with van der Waals surface area (Å²) in [6.07, 6.45) is 1.90. The van der Waals surface area contributed by atoms with Crippen molar-refractivity contribution in [3.63, 3.8) is 0 Å². The minimum atomic E-state index is -0.368. The summed E-state index contributed by atoms with van der Waals surface area (Å²) in [5, 5.41) is 13.5. The van der Waals surface area contributed by atoms with E-state index in [0.29, 0.717) is 24.9 Å². The van der Waals surface area contributed by atoms with Crippen LogP contribution in [0.3, 0.4) is 0 Å². The number of nitrogens with one attached hydrogen (secondary N) is 1. The molecule has 0 aliphatic rings. The molecule has 2 aromatic rings. The van der Waals surface area contributed by atoms with Gasteiger partial charge in [-0.15, -0.1) is 0 Å². The number of methoxy groups -OCH3 is 1. The van der Waals surface area contributed by atoms with Gasteiger partial charge in [0.25, 0.3) is 5.91 Å². The van der Waals surface area contributed by atoms with Crippen LogP contribution in [0.15, 0.2) is 18.2 Å². The average Bonchev–Trinajstić information content (AvgIpc) is 2.86. The molecule has 132 valence electrons. The molecule has 0 saturated carbocycles. The first kappa shape index (κ1) is 18.3. The van der Waals surface area contributed by atoms with Crippen LogP contribution in [0.4, 0.5) is 0 Å². The van der Waals surface area contributed by atoms with Crippen molar-refractivity contribution in [1.29, 1.82) is 0 Å². The zero-order chi connectivity index (χ0) is 17.7. The minimum Gasteiger partial charge on any atom is -0.497 e. The van der Waals surface area contributed by atoms with Gasteiger partial charge in [0, 0.05) is 29.7 Å². The Balaban J connectivity index is 2.36. The quantitative estimate of drug-likeness (QED) is 0.780. The topological polar surface area (TPSA) is 63.5 Å². The van der Waals surface area contributed by atoms with Crippen LogP contribution in [-0.2, 0) is 6.54 Å². The van der Waals surface area contributed by atoms with Crippen LogP contribution < -0.4 is 10.1 Å². The summed E-state index contributed by atoms with van der Waals surface area (Å²) in [6.45, 7) is 7.38. The van der Waals surface area contributed by atoms with Gasteiger partial charge in [0.2, 0.25) is 0 Å². The molecule has 0 aliphatic carbocycles. The zero-order valence-electron chi connectivity index (χ0n) is 15.1. The molecule has 1 aromatic heterocycles. The average molecular weight is 332 g/mol. The van der Waals surface area contributed by atoms with Crippen molar-refractivity contribution in [1.82, 2.24) is 9.88 Å². The lowest BCUT2D eigenvalue weighted by atomic mass is 10.1. The van der Waals surface area contributed by atoms with Crippen molar-refractivity contribution >= 4 is 16.8 Å². The van der Waals surface area contributed by atoms with Crippen LogP contribution in [0.2, 0.25) is 0 Å². The maximum absolute atomic E-state index is 12.7. The van der Waals surface area contributed by atoms with Crippen LogP contribution in [-0.4, -0.2) is 35.3 Å². The van der Waals surface area contributed by atoms with E-state index in [0.717, 1.165) is 35.3 Å². The summed E-state index contributed by atoms with van der Waals surface area (Å²) in [4.78, 5) is 12.7. The molecule has 0 aliphatic heterocycles. The number of fused-ring (bicyclic) bond motifs is 1. The Kier molecular flexibility index (Phi) is 6.26. The number of aromatic nitrogens is 1. The molecule has 2 rings (SSSR count). The first-order valence-electron chi connectivity index (χ1n) is 8.66. The third kappa shape index (κ3) is 3.73. The summed E-state index contributed by atoms with van der Waals surface area (Å²) in [6, 6.07) is 5.85. The molecular formula is C19H28N2O3. The molecule has 5 nitrogen and oxygen atoms in total. The molecule has 0 spiro atoms. The van der Waals surface area contributed by atoms with E-state index in [-0.39, 0.29) is 12.0 Å². The largest absolute Gasteiger partial charge is 0.497 e. The van der Waals surface area contributed by atoms with E-state index >= 15 is 0 Å². The molecule has 1 unspecified atom stereocenters. The Morgan fingerprint density at radius 3 is 2.75 bits per heavy atom. The smallest absolute Gasteiger partial charge is 0.253 e. The van der Waals surface area contributed by atoms with Gasteiger partial charge in [-0.2, -0.15) is 0 Å². The Hall–Kier alpha value is -2.01. The number of hydrogen-bond acceptors (Lipinski definition) is 3. The van der Waals surface area contributed by atoms with Gasteiger partial charge in [-0.1, -0.05) is 13.8 Å². The van der Waals surface area contributed by atoms with E-state index in [1.807, 2.05) is 32.0 Å². The molecule has 0 bridgehead atoms. The Labute approximate surface area is 143 Å². The summed E-state index contributed by atoms with van der Waals surface area (Å²) in [5.74, 6) is 0.649. The number of ether oxygens (including phenoxy) is 1. The van der Waals surface area contributed by atoms with E-state index in [2.05, 4.69) is 16.8 Å². The molecule has 5 heteroatoms. The van der Waals surface area contributed by atoms with Crippen molar-refractivity contribution < 1.29 is 14.6 Å². The van der Waals surface area contributed by atoms with Crippen LogP contribution in [0.1, 0.15) is 49.2 Å². The highest BCUT2D eigenvalue weighted by molar-refractivity contribution is 6.08. The van der Waals surface area contributed by atoms with Crippen molar-refractivity contribution in [3.8, 4) is 5.75 Å². The molecule has 24 heavy (non-hydrogen) atoms. The van der Waals surface area contributed by atoms with Gasteiger partial charge in [0.05, 0.1) is 18.8 Å². The molecule has 1 heterocycles. The molecule has 0 fully saturated rings. The predicted octanol–water partition coefficient (Wildman–Crippen LogP) is 3.26. The van der Waals surface area contributed by atoms with Gasteiger partial charge in [-0.25, -0.2) is 0 Å².